The summed E-state index contributed by atoms with van der Waals surface area (Å²) >= 11 is 0. The van der Waals surface area contributed by atoms with Gasteiger partial charge in [0.25, 0.3) is 0 Å². The van der Waals surface area contributed by atoms with Crippen LogP contribution in [0.1, 0.15) is 16.7 Å². The lowest BCUT2D eigenvalue weighted by Crippen LogP contribution is -2.20. The molecule has 0 amide bonds. The Kier molecular flexibility index (Phi) is 3.14. The van der Waals surface area contributed by atoms with E-state index in [1.165, 1.54) is 17.3 Å². The molecule has 20 heavy (non-hydrogen) atoms. The molecule has 0 aliphatic carbocycles. The largest absolute Gasteiger partial charge is 0.384 e. The lowest BCUT2D eigenvalue weighted by Gasteiger charge is -2.20. The van der Waals surface area contributed by atoms with Gasteiger partial charge in [0.05, 0.1) is 0 Å². The molecular weight excluding hydrogens is 253 g/mol. The zero-order valence-electron chi connectivity index (χ0n) is 11.1. The van der Waals surface area contributed by atoms with Gasteiger partial charge in [0.2, 0.25) is 0 Å². The third-order valence-electron chi connectivity index (χ3n) is 3.71. The van der Waals surface area contributed by atoms with E-state index in [0.717, 1.165) is 13.0 Å². The van der Waals surface area contributed by atoms with Gasteiger partial charge in [-0.05, 0) is 24.1 Å². The van der Waals surface area contributed by atoms with Crippen LogP contribution in [0.25, 0.3) is 0 Å². The molecule has 4 heteroatoms. The van der Waals surface area contributed by atoms with Gasteiger partial charge in [-0.25, -0.2) is 4.39 Å². The number of hydrogen-bond donors (Lipinski definition) is 2. The first-order valence-corrected chi connectivity index (χ1v) is 6.61. The highest BCUT2D eigenvalue weighted by molar-refractivity contribution is 5.94. The number of nitrogens with zero attached hydrogens (tertiary/aromatic N) is 1. The maximum absolute atomic E-state index is 14.1. The second-order valence-electron chi connectivity index (χ2n) is 5.02. The molecule has 1 aliphatic heterocycles. The molecule has 1 aliphatic rings. The van der Waals surface area contributed by atoms with Crippen LogP contribution in [0.4, 0.5) is 10.1 Å². The van der Waals surface area contributed by atoms with Gasteiger partial charge in [0.15, 0.2) is 0 Å². The van der Waals surface area contributed by atoms with Crippen molar-refractivity contribution in [3.63, 3.8) is 0 Å². The van der Waals surface area contributed by atoms with Crippen molar-refractivity contribution in [2.75, 3.05) is 11.4 Å². The summed E-state index contributed by atoms with van der Waals surface area (Å²) in [6, 6.07) is 13.0. The first-order valence-electron chi connectivity index (χ1n) is 6.61. The molecule has 3 rings (SSSR count). The van der Waals surface area contributed by atoms with Gasteiger partial charge in [0, 0.05) is 29.9 Å². The van der Waals surface area contributed by atoms with E-state index in [-0.39, 0.29) is 11.7 Å². The number of halogens is 1. The predicted octanol–water partition coefficient (Wildman–Crippen LogP) is 2.67. The Hall–Kier alpha value is -2.36. The number of amidine groups is 1. The lowest BCUT2D eigenvalue weighted by atomic mass is 10.1. The van der Waals surface area contributed by atoms with E-state index in [4.69, 9.17) is 11.1 Å². The summed E-state index contributed by atoms with van der Waals surface area (Å²) in [6.07, 6.45) is 1.00. The SMILES string of the molecule is N=C(N)c1ccc(CN2CCc3ccccc32)c(F)c1. The van der Waals surface area contributed by atoms with Crippen LogP contribution in [0.5, 0.6) is 0 Å². The molecule has 0 atom stereocenters. The molecule has 2 aromatic rings. The molecule has 3 N–H and O–H groups in total. The van der Waals surface area contributed by atoms with Gasteiger partial charge in [-0.3, -0.25) is 5.41 Å². The van der Waals surface area contributed by atoms with E-state index in [1.54, 1.807) is 12.1 Å². The molecule has 0 bridgehead atoms. The summed E-state index contributed by atoms with van der Waals surface area (Å²) in [5.41, 5.74) is 8.92. The molecule has 0 aromatic heterocycles. The number of nitrogens with one attached hydrogen (secondary N) is 1. The van der Waals surface area contributed by atoms with Crippen LogP contribution in [0.3, 0.4) is 0 Å². The monoisotopic (exact) mass is 269 g/mol. The molecule has 0 fully saturated rings. The third kappa shape index (κ3) is 2.25. The van der Waals surface area contributed by atoms with Crippen LogP contribution in [-0.4, -0.2) is 12.4 Å². The van der Waals surface area contributed by atoms with E-state index in [0.29, 0.717) is 17.7 Å². The van der Waals surface area contributed by atoms with Crippen LogP contribution < -0.4 is 10.6 Å². The van der Waals surface area contributed by atoms with Crippen LogP contribution in [0, 0.1) is 11.2 Å². The number of benzene rings is 2. The molecule has 0 radical (unpaired) electrons. The van der Waals surface area contributed by atoms with Crippen LogP contribution in [-0.2, 0) is 13.0 Å². The molecule has 2 aromatic carbocycles. The molecule has 0 unspecified atom stereocenters. The van der Waals surface area contributed by atoms with Gasteiger partial charge < -0.3 is 10.6 Å². The quantitative estimate of drug-likeness (QED) is 0.665. The molecule has 3 nitrogen and oxygen atoms in total. The van der Waals surface area contributed by atoms with Gasteiger partial charge >= 0.3 is 0 Å². The van der Waals surface area contributed by atoms with Crippen molar-refractivity contribution < 1.29 is 4.39 Å². The van der Waals surface area contributed by atoms with E-state index in [2.05, 4.69) is 17.0 Å². The fraction of sp³-hybridized carbons (Fsp3) is 0.188. The van der Waals surface area contributed by atoms with Crippen molar-refractivity contribution in [2.45, 2.75) is 13.0 Å². The van der Waals surface area contributed by atoms with E-state index >= 15 is 0 Å². The van der Waals surface area contributed by atoms with Crippen molar-refractivity contribution >= 4 is 11.5 Å². The number of fused-ring (bicyclic) bond motifs is 1. The Bertz CT molecular complexity index is 667. The maximum Gasteiger partial charge on any atom is 0.128 e. The van der Waals surface area contributed by atoms with E-state index in [1.807, 2.05) is 12.1 Å². The summed E-state index contributed by atoms with van der Waals surface area (Å²) in [7, 11) is 0. The molecule has 0 saturated heterocycles. The molecule has 102 valence electrons. The summed E-state index contributed by atoms with van der Waals surface area (Å²) in [5, 5.41) is 7.32. The van der Waals surface area contributed by atoms with Crippen molar-refractivity contribution in [1.82, 2.24) is 0 Å². The average molecular weight is 269 g/mol. The molecular formula is C16H16FN3. The van der Waals surface area contributed by atoms with Crippen molar-refractivity contribution in [3.8, 4) is 0 Å². The third-order valence-corrected chi connectivity index (χ3v) is 3.71. The Balaban J connectivity index is 1.84. The lowest BCUT2D eigenvalue weighted by molar-refractivity contribution is 0.605. The topological polar surface area (TPSA) is 53.1 Å². The number of nitrogens with two attached hydrogens (primary N) is 1. The molecule has 0 spiro atoms. The molecule has 1 heterocycles. The summed E-state index contributed by atoms with van der Waals surface area (Å²) in [6.45, 7) is 1.45. The number of hydrogen-bond acceptors (Lipinski definition) is 2. The van der Waals surface area contributed by atoms with Crippen molar-refractivity contribution in [1.29, 1.82) is 5.41 Å². The van der Waals surface area contributed by atoms with Crippen LogP contribution in [0.2, 0.25) is 0 Å². The van der Waals surface area contributed by atoms with Gasteiger partial charge in [0.1, 0.15) is 11.7 Å². The highest BCUT2D eigenvalue weighted by Gasteiger charge is 2.19. The summed E-state index contributed by atoms with van der Waals surface area (Å²) in [4.78, 5) is 2.18. The number of anilines is 1. The average Bonchev–Trinajstić information content (AvgIpc) is 2.84. The van der Waals surface area contributed by atoms with Crippen molar-refractivity contribution in [3.05, 3.63) is 65.0 Å². The fourth-order valence-corrected chi connectivity index (χ4v) is 2.62. The smallest absolute Gasteiger partial charge is 0.128 e. The minimum atomic E-state index is -0.304. The Morgan fingerprint density at radius 3 is 2.80 bits per heavy atom. The van der Waals surface area contributed by atoms with Gasteiger partial charge in [-0.1, -0.05) is 30.3 Å². The minimum absolute atomic E-state index is 0.109. The second-order valence-corrected chi connectivity index (χ2v) is 5.02. The number of nitrogen functional groups attached to an aromatic ring is 1. The second kappa shape index (κ2) is 4.96. The highest BCUT2D eigenvalue weighted by Crippen LogP contribution is 2.29. The van der Waals surface area contributed by atoms with Crippen LogP contribution in [0.15, 0.2) is 42.5 Å². The summed E-state index contributed by atoms with van der Waals surface area (Å²) < 4.78 is 14.1. The first kappa shape index (κ1) is 12.7. The fourth-order valence-electron chi connectivity index (χ4n) is 2.62. The van der Waals surface area contributed by atoms with E-state index < -0.39 is 0 Å². The maximum atomic E-state index is 14.1. The number of rotatable bonds is 3. The van der Waals surface area contributed by atoms with Gasteiger partial charge in [-0.15, -0.1) is 0 Å². The number of para-hydroxylation sites is 1. The predicted molar refractivity (Wildman–Crippen MR) is 78.6 cm³/mol. The molecule has 0 saturated carbocycles. The Morgan fingerprint density at radius 1 is 1.25 bits per heavy atom. The zero-order valence-corrected chi connectivity index (χ0v) is 11.1. The Labute approximate surface area is 117 Å². The highest BCUT2D eigenvalue weighted by atomic mass is 19.1. The standard InChI is InChI=1S/C16H16FN3/c17-14-9-12(16(18)19)5-6-13(14)10-20-8-7-11-3-1-2-4-15(11)20/h1-6,9H,7-8,10H2,(H3,18,19). The Morgan fingerprint density at radius 2 is 2.05 bits per heavy atom. The minimum Gasteiger partial charge on any atom is -0.384 e. The van der Waals surface area contributed by atoms with Crippen molar-refractivity contribution in [2.24, 2.45) is 5.73 Å². The van der Waals surface area contributed by atoms with Gasteiger partial charge in [-0.2, -0.15) is 0 Å². The summed E-state index contributed by atoms with van der Waals surface area (Å²) in [5.74, 6) is -0.413. The van der Waals surface area contributed by atoms with Crippen LogP contribution >= 0.6 is 0 Å². The zero-order chi connectivity index (χ0) is 14.1. The first-order chi connectivity index (χ1) is 9.65. The normalized spacial score (nSPS) is 13.3. The van der Waals surface area contributed by atoms with E-state index in [9.17, 15) is 4.39 Å².